The van der Waals surface area contributed by atoms with Gasteiger partial charge in [-0.05, 0) is 12.1 Å². The van der Waals surface area contributed by atoms with Crippen LogP contribution in [0, 0.1) is 39.9 Å². The topological polar surface area (TPSA) is 98.0 Å². The van der Waals surface area contributed by atoms with Gasteiger partial charge in [-0.15, -0.1) is 0 Å². The number of aromatic hydroxyl groups is 3. The minimum Gasteiger partial charge on any atom is -1.00 e. The van der Waals surface area contributed by atoms with Crippen molar-refractivity contribution in [3.05, 3.63) is 17.7 Å². The molecule has 1 aromatic rings. The van der Waals surface area contributed by atoms with Crippen LogP contribution in [0.15, 0.2) is 12.1 Å². The molecule has 0 saturated heterocycles. The molecular formula is C7H8GdO5Sr. The van der Waals surface area contributed by atoms with Crippen molar-refractivity contribution in [2.24, 2.45) is 0 Å². The van der Waals surface area contributed by atoms with Gasteiger partial charge in [0.05, 0.1) is 5.56 Å². The molecule has 0 aliphatic heterocycles. The van der Waals surface area contributed by atoms with Crippen LogP contribution in [0.4, 0.5) is 0 Å². The minimum absolute atomic E-state index is 0. The minimum atomic E-state index is -1.29. The van der Waals surface area contributed by atoms with Gasteiger partial charge in [-0.25, -0.2) is 4.79 Å². The molecule has 0 fully saturated rings. The second-order valence-electron chi connectivity index (χ2n) is 2.17. The van der Waals surface area contributed by atoms with Crippen molar-refractivity contribution in [3.8, 4) is 17.2 Å². The average Bonchev–Trinajstić information content (AvgIpc) is 1.99. The molecule has 0 heterocycles. The normalized spacial score (nSPS) is 8.29. The fraction of sp³-hybridized carbons (Fsp3) is 0. The van der Waals surface area contributed by atoms with Gasteiger partial charge in [0.2, 0.25) is 0 Å². The molecule has 7 heteroatoms. The predicted octanol–water partition coefficient (Wildman–Crippen LogP) is 0.346. The Morgan fingerprint density at radius 3 is 1.79 bits per heavy atom. The third-order valence-electron chi connectivity index (χ3n) is 1.32. The van der Waals surface area contributed by atoms with Crippen LogP contribution in [0.2, 0.25) is 0 Å². The smallest absolute Gasteiger partial charge is 1.00 e. The molecule has 0 spiro atoms. The van der Waals surface area contributed by atoms with E-state index in [9.17, 15) is 4.79 Å². The van der Waals surface area contributed by atoms with E-state index >= 15 is 0 Å². The van der Waals surface area contributed by atoms with Crippen LogP contribution in [0.1, 0.15) is 13.2 Å². The van der Waals surface area contributed by atoms with Crippen molar-refractivity contribution in [3.63, 3.8) is 0 Å². The summed E-state index contributed by atoms with van der Waals surface area (Å²) in [6.45, 7) is 0. The third-order valence-corrected chi connectivity index (χ3v) is 1.32. The van der Waals surface area contributed by atoms with Crippen molar-refractivity contribution in [1.82, 2.24) is 0 Å². The molecule has 0 saturated carbocycles. The number of carboxylic acids is 1. The summed E-state index contributed by atoms with van der Waals surface area (Å²) < 4.78 is 0. The van der Waals surface area contributed by atoms with E-state index in [1.54, 1.807) is 0 Å². The molecule has 0 aromatic heterocycles. The van der Waals surface area contributed by atoms with Crippen molar-refractivity contribution in [1.29, 1.82) is 0 Å². The van der Waals surface area contributed by atoms with Crippen LogP contribution < -0.4 is 0 Å². The summed E-state index contributed by atoms with van der Waals surface area (Å²) in [5.74, 6) is -3.33. The zero-order chi connectivity index (χ0) is 9.30. The van der Waals surface area contributed by atoms with Crippen molar-refractivity contribution >= 4 is 51.5 Å². The van der Waals surface area contributed by atoms with Gasteiger partial charge in [0.25, 0.3) is 0 Å². The standard InChI is InChI=1S/C7H6O5.Gd.Sr.2H/c8-4-1-3(7(11)12)2-5(9)6(4)10;;;;/h1-2,8-10H,(H,11,12);;;;/q;;+2;2*-1. The summed E-state index contributed by atoms with van der Waals surface area (Å²) in [5, 5.41) is 35.0. The van der Waals surface area contributed by atoms with E-state index < -0.39 is 23.2 Å². The van der Waals surface area contributed by atoms with E-state index in [2.05, 4.69) is 0 Å². The molecule has 0 aliphatic carbocycles. The number of hydrogen-bond acceptors (Lipinski definition) is 4. The zero-order valence-corrected chi connectivity index (χ0v) is 12.7. The summed E-state index contributed by atoms with van der Waals surface area (Å²) in [6, 6.07) is 1.69. The van der Waals surface area contributed by atoms with Gasteiger partial charge in [0.15, 0.2) is 17.2 Å². The van der Waals surface area contributed by atoms with E-state index in [-0.39, 0.29) is 93.8 Å². The van der Waals surface area contributed by atoms with Crippen molar-refractivity contribution < 1.29 is 68.0 Å². The third kappa shape index (κ3) is 4.18. The number of benzene rings is 1. The molecule has 0 bridgehead atoms. The van der Waals surface area contributed by atoms with Gasteiger partial charge in [0, 0.05) is 39.9 Å². The van der Waals surface area contributed by atoms with Gasteiger partial charge in [0.1, 0.15) is 0 Å². The summed E-state index contributed by atoms with van der Waals surface area (Å²) in [5.41, 5.74) is -0.289. The molecule has 0 radical (unpaired) electrons. The average molecular weight is 417 g/mol. The summed E-state index contributed by atoms with van der Waals surface area (Å²) in [7, 11) is 0. The first kappa shape index (κ1) is 17.3. The van der Waals surface area contributed by atoms with Crippen LogP contribution in [-0.2, 0) is 0 Å². The molecule has 0 unspecified atom stereocenters. The maximum absolute atomic E-state index is 10.3. The van der Waals surface area contributed by atoms with Gasteiger partial charge >= 0.3 is 51.5 Å². The fourth-order valence-corrected chi connectivity index (χ4v) is 0.728. The van der Waals surface area contributed by atoms with Crippen LogP contribution in [-0.4, -0.2) is 71.9 Å². The first-order chi connectivity index (χ1) is 5.52. The summed E-state index contributed by atoms with van der Waals surface area (Å²) in [4.78, 5) is 10.3. The number of rotatable bonds is 1. The van der Waals surface area contributed by atoms with Gasteiger partial charge in [-0.2, -0.15) is 0 Å². The zero-order valence-electron chi connectivity index (χ0n) is 8.91. The Balaban J connectivity index is -0.000000180. The predicted molar refractivity (Wildman–Crippen MR) is 46.4 cm³/mol. The first-order valence-corrected chi connectivity index (χ1v) is 3.00. The van der Waals surface area contributed by atoms with Crippen LogP contribution in [0.5, 0.6) is 17.2 Å². The van der Waals surface area contributed by atoms with Crippen LogP contribution in [0.3, 0.4) is 0 Å². The van der Waals surface area contributed by atoms with Gasteiger partial charge < -0.3 is 23.3 Å². The Kier molecular flexibility index (Phi) is 8.91. The molecule has 0 amide bonds. The molecular weight excluding hydrogens is 409 g/mol. The second kappa shape index (κ2) is 7.22. The molecule has 0 atom stereocenters. The molecule has 4 N–H and O–H groups in total. The molecule has 1 aromatic carbocycles. The molecule has 76 valence electrons. The van der Waals surface area contributed by atoms with Crippen LogP contribution >= 0.6 is 0 Å². The van der Waals surface area contributed by atoms with E-state index in [1.165, 1.54) is 0 Å². The number of carboxylic acid groups (broad SMARTS) is 1. The Hall–Kier alpha value is 0.895. The van der Waals surface area contributed by atoms with Crippen molar-refractivity contribution in [2.45, 2.75) is 0 Å². The van der Waals surface area contributed by atoms with E-state index in [1.807, 2.05) is 0 Å². The van der Waals surface area contributed by atoms with Gasteiger partial charge in [-0.3, -0.25) is 0 Å². The van der Waals surface area contributed by atoms with Gasteiger partial charge in [-0.1, -0.05) is 0 Å². The quantitative estimate of drug-likeness (QED) is 0.391. The summed E-state index contributed by atoms with van der Waals surface area (Å²) >= 11 is 0. The second-order valence-corrected chi connectivity index (χ2v) is 2.17. The Morgan fingerprint density at radius 1 is 1.14 bits per heavy atom. The maximum Gasteiger partial charge on any atom is 2.00 e. The van der Waals surface area contributed by atoms with Crippen molar-refractivity contribution in [2.75, 3.05) is 0 Å². The van der Waals surface area contributed by atoms with E-state index in [4.69, 9.17) is 20.4 Å². The van der Waals surface area contributed by atoms with E-state index in [0.29, 0.717) is 0 Å². The molecule has 0 aliphatic rings. The Labute approximate surface area is 152 Å². The number of aromatic carboxylic acids is 1. The largest absolute Gasteiger partial charge is 2.00 e. The molecule has 14 heavy (non-hydrogen) atoms. The van der Waals surface area contributed by atoms with Crippen LogP contribution in [0.25, 0.3) is 0 Å². The summed E-state index contributed by atoms with van der Waals surface area (Å²) in [6.07, 6.45) is 0. The first-order valence-electron chi connectivity index (χ1n) is 3.00. The number of carbonyl (C=O) groups is 1. The van der Waals surface area contributed by atoms with E-state index in [0.717, 1.165) is 12.1 Å². The SMILES string of the molecule is O=C(O)c1cc(O)c(O)c(O)c1.[Gd].[H-].[H-].[Sr+2]. The monoisotopic (exact) mass is 418 g/mol. The molecule has 5 nitrogen and oxygen atoms in total. The Morgan fingerprint density at radius 2 is 1.50 bits per heavy atom. The number of phenolic OH excluding ortho intramolecular Hbond substituents is 3. The number of hydrogen-bond donors (Lipinski definition) is 4. The molecule has 1 rings (SSSR count). The maximum atomic E-state index is 10.3. The fourth-order valence-electron chi connectivity index (χ4n) is 0.728. The Bertz CT molecular complexity index is 327. The number of phenols is 3.